The van der Waals surface area contributed by atoms with Crippen molar-refractivity contribution in [1.29, 1.82) is 0 Å². The second-order valence-electron chi connectivity index (χ2n) is 7.84. The average molecular weight is 328 g/mol. The summed E-state index contributed by atoms with van der Waals surface area (Å²) in [6, 6.07) is 5.25. The minimum atomic E-state index is -0.118. The van der Waals surface area contributed by atoms with E-state index in [2.05, 4.69) is 16.5 Å². The average Bonchev–Trinajstić information content (AvgIpc) is 2.82. The second-order valence-corrected chi connectivity index (χ2v) is 7.84. The minimum absolute atomic E-state index is 0.118. The zero-order chi connectivity index (χ0) is 16.5. The molecule has 1 aromatic heterocycles. The fourth-order valence-electron chi connectivity index (χ4n) is 4.85. The number of aromatic nitrogens is 1. The summed E-state index contributed by atoms with van der Waals surface area (Å²) < 4.78 is 16.0. The normalized spacial score (nSPS) is 20.8. The molecule has 2 aromatic rings. The number of fused-ring (bicyclic) bond motifs is 3. The molecule has 24 heavy (non-hydrogen) atoms. The number of benzene rings is 1. The van der Waals surface area contributed by atoms with Crippen LogP contribution >= 0.6 is 0 Å². The summed E-state index contributed by atoms with van der Waals surface area (Å²) in [4.78, 5) is 2.62. The Balaban J connectivity index is 1.53. The van der Waals surface area contributed by atoms with Crippen molar-refractivity contribution >= 4 is 10.9 Å². The van der Waals surface area contributed by atoms with Gasteiger partial charge in [-0.1, -0.05) is 32.1 Å². The Morgan fingerprint density at radius 2 is 1.83 bits per heavy atom. The predicted octanol–water partition coefficient (Wildman–Crippen LogP) is 5.04. The van der Waals surface area contributed by atoms with Crippen LogP contribution in [0.3, 0.4) is 0 Å². The zero-order valence-corrected chi connectivity index (χ0v) is 14.9. The van der Waals surface area contributed by atoms with Gasteiger partial charge in [0, 0.05) is 49.7 Å². The molecule has 0 amide bonds. The first-order chi connectivity index (χ1) is 11.7. The third kappa shape index (κ3) is 3.11. The Kier molecular flexibility index (Phi) is 4.62. The standard InChI is InChI=1S/C21H29FN2/c1-23-20-10-9-17(22)13-18(20)19-15-24(12-11-21(19)23)14-16-7-5-3-2-4-6-8-16/h9-10,13,16H,2-8,11-12,14-15H2,1H3. The van der Waals surface area contributed by atoms with E-state index in [4.69, 9.17) is 0 Å². The summed E-state index contributed by atoms with van der Waals surface area (Å²) in [7, 11) is 2.13. The summed E-state index contributed by atoms with van der Waals surface area (Å²) in [5, 5.41) is 1.12. The van der Waals surface area contributed by atoms with Crippen molar-refractivity contribution in [2.45, 2.75) is 57.9 Å². The highest BCUT2D eigenvalue weighted by molar-refractivity contribution is 5.85. The van der Waals surface area contributed by atoms with E-state index < -0.39 is 0 Å². The summed E-state index contributed by atoms with van der Waals surface area (Å²) >= 11 is 0. The van der Waals surface area contributed by atoms with Gasteiger partial charge in [-0.3, -0.25) is 4.90 Å². The quantitative estimate of drug-likeness (QED) is 0.750. The van der Waals surface area contributed by atoms with E-state index in [1.54, 1.807) is 12.1 Å². The van der Waals surface area contributed by atoms with Crippen molar-refractivity contribution in [1.82, 2.24) is 9.47 Å². The fourth-order valence-corrected chi connectivity index (χ4v) is 4.85. The molecule has 1 aromatic carbocycles. The number of hydrogen-bond acceptors (Lipinski definition) is 1. The van der Waals surface area contributed by atoms with Crippen LogP contribution in [0.4, 0.5) is 4.39 Å². The van der Waals surface area contributed by atoms with Crippen molar-refractivity contribution < 1.29 is 4.39 Å². The molecule has 0 N–H and O–H groups in total. The number of rotatable bonds is 2. The fraction of sp³-hybridized carbons (Fsp3) is 0.619. The van der Waals surface area contributed by atoms with Gasteiger partial charge in [0.2, 0.25) is 0 Å². The second kappa shape index (κ2) is 6.87. The predicted molar refractivity (Wildman–Crippen MR) is 97.7 cm³/mol. The Labute approximate surface area is 144 Å². The molecule has 2 nitrogen and oxygen atoms in total. The number of nitrogens with zero attached hydrogens (tertiary/aromatic N) is 2. The maximum atomic E-state index is 13.7. The Morgan fingerprint density at radius 1 is 1.08 bits per heavy atom. The molecule has 2 heterocycles. The summed E-state index contributed by atoms with van der Waals surface area (Å²) in [5.74, 6) is 0.742. The van der Waals surface area contributed by atoms with Crippen LogP contribution in [0.25, 0.3) is 10.9 Å². The highest BCUT2D eigenvalue weighted by atomic mass is 19.1. The molecule has 1 fully saturated rings. The lowest BCUT2D eigenvalue weighted by Gasteiger charge is -2.32. The van der Waals surface area contributed by atoms with Gasteiger partial charge in [-0.05, 0) is 42.5 Å². The molecule has 3 heteroatoms. The van der Waals surface area contributed by atoms with Crippen molar-refractivity contribution in [2.75, 3.05) is 13.1 Å². The van der Waals surface area contributed by atoms with Crippen molar-refractivity contribution in [2.24, 2.45) is 13.0 Å². The molecule has 1 saturated carbocycles. The van der Waals surface area contributed by atoms with Crippen LogP contribution in [-0.2, 0) is 20.0 Å². The molecule has 0 radical (unpaired) electrons. The van der Waals surface area contributed by atoms with Gasteiger partial charge in [0.25, 0.3) is 0 Å². The third-order valence-corrected chi connectivity index (χ3v) is 6.19. The monoisotopic (exact) mass is 328 g/mol. The van der Waals surface area contributed by atoms with Gasteiger partial charge in [-0.2, -0.15) is 0 Å². The Hall–Kier alpha value is -1.35. The van der Waals surface area contributed by atoms with Gasteiger partial charge in [-0.15, -0.1) is 0 Å². The molecular formula is C21H29FN2. The SMILES string of the molecule is Cn1c2c(c3cc(F)ccc31)CN(CC1CCCCCCC1)CC2. The maximum Gasteiger partial charge on any atom is 0.123 e. The highest BCUT2D eigenvalue weighted by Crippen LogP contribution is 2.32. The Bertz CT molecular complexity index is 710. The topological polar surface area (TPSA) is 8.17 Å². The smallest absolute Gasteiger partial charge is 0.123 e. The van der Waals surface area contributed by atoms with Gasteiger partial charge in [-0.25, -0.2) is 4.39 Å². The van der Waals surface area contributed by atoms with E-state index in [0.29, 0.717) is 0 Å². The number of aryl methyl sites for hydroxylation is 1. The summed E-state index contributed by atoms with van der Waals surface area (Å²) in [6.07, 6.45) is 11.0. The van der Waals surface area contributed by atoms with E-state index in [-0.39, 0.29) is 5.82 Å². The van der Waals surface area contributed by atoms with Gasteiger partial charge >= 0.3 is 0 Å². The molecule has 2 aliphatic rings. The van der Waals surface area contributed by atoms with Crippen molar-refractivity contribution in [3.05, 3.63) is 35.3 Å². The van der Waals surface area contributed by atoms with Crippen LogP contribution in [0.15, 0.2) is 18.2 Å². The van der Waals surface area contributed by atoms with Gasteiger partial charge in [0.1, 0.15) is 5.82 Å². The van der Waals surface area contributed by atoms with E-state index in [0.717, 1.165) is 30.8 Å². The summed E-state index contributed by atoms with van der Waals surface area (Å²) in [6.45, 7) is 3.37. The first-order valence-corrected chi connectivity index (χ1v) is 9.70. The molecule has 0 saturated heterocycles. The lowest BCUT2D eigenvalue weighted by Crippen LogP contribution is -2.35. The number of halogens is 1. The van der Waals surface area contributed by atoms with E-state index in [9.17, 15) is 4.39 Å². The van der Waals surface area contributed by atoms with Crippen molar-refractivity contribution in [3.63, 3.8) is 0 Å². The van der Waals surface area contributed by atoms with Crippen molar-refractivity contribution in [3.8, 4) is 0 Å². The first kappa shape index (κ1) is 16.1. The molecule has 0 spiro atoms. The molecule has 0 unspecified atom stereocenters. The van der Waals surface area contributed by atoms with Crippen LogP contribution < -0.4 is 0 Å². The van der Waals surface area contributed by atoms with Crippen LogP contribution in [0.5, 0.6) is 0 Å². The lowest BCUT2D eigenvalue weighted by molar-refractivity contribution is 0.193. The molecule has 4 rings (SSSR count). The van der Waals surface area contributed by atoms with Crippen LogP contribution in [0, 0.1) is 11.7 Å². The zero-order valence-electron chi connectivity index (χ0n) is 14.9. The molecule has 1 aliphatic carbocycles. The van der Waals surface area contributed by atoms with E-state index >= 15 is 0 Å². The van der Waals surface area contributed by atoms with Gasteiger partial charge in [0.15, 0.2) is 0 Å². The summed E-state index contributed by atoms with van der Waals surface area (Å²) in [5.41, 5.74) is 3.95. The largest absolute Gasteiger partial charge is 0.347 e. The number of hydrogen-bond donors (Lipinski definition) is 0. The molecule has 1 aliphatic heterocycles. The molecular weight excluding hydrogens is 299 g/mol. The van der Waals surface area contributed by atoms with E-state index in [1.165, 1.54) is 68.3 Å². The van der Waals surface area contributed by atoms with Crippen LogP contribution in [0.1, 0.15) is 56.2 Å². The van der Waals surface area contributed by atoms with E-state index in [1.807, 2.05) is 6.07 Å². The first-order valence-electron chi connectivity index (χ1n) is 9.70. The molecule has 0 bridgehead atoms. The van der Waals surface area contributed by atoms with Crippen LogP contribution in [0.2, 0.25) is 0 Å². The van der Waals surface area contributed by atoms with Gasteiger partial charge < -0.3 is 4.57 Å². The maximum absolute atomic E-state index is 13.7. The lowest BCUT2D eigenvalue weighted by atomic mass is 9.90. The van der Waals surface area contributed by atoms with Crippen LogP contribution in [-0.4, -0.2) is 22.6 Å². The van der Waals surface area contributed by atoms with Gasteiger partial charge in [0.05, 0.1) is 0 Å². The minimum Gasteiger partial charge on any atom is -0.347 e. The third-order valence-electron chi connectivity index (χ3n) is 6.19. The Morgan fingerprint density at radius 3 is 2.62 bits per heavy atom. The highest BCUT2D eigenvalue weighted by Gasteiger charge is 2.25. The molecule has 0 atom stereocenters. The molecule has 130 valence electrons.